The van der Waals surface area contributed by atoms with Crippen molar-refractivity contribution in [3.05, 3.63) is 0 Å². The number of carbonyl (C=O) groups excluding carboxylic acids is 2. The zero-order valence-corrected chi connectivity index (χ0v) is 10.8. The van der Waals surface area contributed by atoms with E-state index in [2.05, 4.69) is 4.90 Å². The minimum absolute atomic E-state index is 0.215. The van der Waals surface area contributed by atoms with Crippen LogP contribution in [0, 0.1) is 0 Å². The summed E-state index contributed by atoms with van der Waals surface area (Å²) in [6.45, 7) is 0.492. The first kappa shape index (κ1) is 12.6. The molecule has 1 amide bonds. The zero-order valence-electron chi connectivity index (χ0n) is 10.8. The minimum atomic E-state index is 0.215. The Hall–Kier alpha value is -0.900. The van der Waals surface area contributed by atoms with Crippen molar-refractivity contribution in [1.82, 2.24) is 9.80 Å². The van der Waals surface area contributed by atoms with Crippen LogP contribution in [-0.4, -0.2) is 54.2 Å². The van der Waals surface area contributed by atoms with Crippen LogP contribution in [0.1, 0.15) is 38.5 Å². The van der Waals surface area contributed by atoms with Gasteiger partial charge in [-0.2, -0.15) is 0 Å². The molecule has 0 heterocycles. The maximum atomic E-state index is 12.0. The quantitative estimate of drug-likeness (QED) is 0.735. The molecule has 0 aromatic heterocycles. The molecule has 0 aliphatic heterocycles. The van der Waals surface area contributed by atoms with Gasteiger partial charge in [0.25, 0.3) is 0 Å². The monoisotopic (exact) mass is 238 g/mol. The average Bonchev–Trinajstić information content (AvgIpc) is 3.12. The average molecular weight is 238 g/mol. The van der Waals surface area contributed by atoms with Crippen molar-refractivity contribution in [2.24, 2.45) is 0 Å². The Morgan fingerprint density at radius 3 is 2.24 bits per heavy atom. The summed E-state index contributed by atoms with van der Waals surface area (Å²) >= 11 is 0. The van der Waals surface area contributed by atoms with Gasteiger partial charge >= 0.3 is 0 Å². The first-order valence-corrected chi connectivity index (χ1v) is 6.55. The number of Topliss-reactive ketones (excluding diaryl/α,β-unsaturated/α-hetero) is 1. The molecule has 0 aromatic rings. The Bertz CT molecular complexity index is 303. The standard InChI is InChI=1S/C13H22N2O2/c1-14(10-5-7-12(16)8-6-10)9-13(17)15(2)11-3-4-11/h10-11H,3-9H2,1-2H3. The summed E-state index contributed by atoms with van der Waals surface area (Å²) in [6, 6.07) is 0.896. The van der Waals surface area contributed by atoms with E-state index in [0.29, 0.717) is 37.3 Å². The molecule has 96 valence electrons. The predicted octanol–water partition coefficient (Wildman–Crippen LogP) is 1.05. The van der Waals surface area contributed by atoms with E-state index < -0.39 is 0 Å². The maximum Gasteiger partial charge on any atom is 0.236 e. The van der Waals surface area contributed by atoms with Crippen molar-refractivity contribution in [3.63, 3.8) is 0 Å². The SMILES string of the molecule is CN(CC(=O)N(C)C1CC1)C1CCC(=O)CC1. The van der Waals surface area contributed by atoms with E-state index in [9.17, 15) is 9.59 Å². The largest absolute Gasteiger partial charge is 0.342 e. The molecule has 0 spiro atoms. The highest BCUT2D eigenvalue weighted by molar-refractivity contribution is 5.80. The van der Waals surface area contributed by atoms with Crippen molar-refractivity contribution >= 4 is 11.7 Å². The van der Waals surface area contributed by atoms with Crippen LogP contribution in [0.2, 0.25) is 0 Å². The molecule has 2 aliphatic rings. The molecule has 2 fully saturated rings. The van der Waals surface area contributed by atoms with Gasteiger partial charge in [0, 0.05) is 32.0 Å². The van der Waals surface area contributed by atoms with E-state index in [0.717, 1.165) is 25.7 Å². The molecular weight excluding hydrogens is 216 g/mol. The van der Waals surface area contributed by atoms with Crippen LogP contribution in [-0.2, 0) is 9.59 Å². The molecule has 2 aliphatic carbocycles. The Morgan fingerprint density at radius 2 is 1.71 bits per heavy atom. The lowest BCUT2D eigenvalue weighted by molar-refractivity contribution is -0.132. The molecule has 0 aromatic carbocycles. The molecule has 0 radical (unpaired) electrons. The predicted molar refractivity (Wildman–Crippen MR) is 65.7 cm³/mol. The van der Waals surface area contributed by atoms with E-state index in [-0.39, 0.29) is 5.91 Å². The second-order valence-electron chi connectivity index (χ2n) is 5.42. The van der Waals surface area contributed by atoms with Gasteiger partial charge in [-0.15, -0.1) is 0 Å². The van der Waals surface area contributed by atoms with Crippen LogP contribution in [0.15, 0.2) is 0 Å². The third-order valence-corrected chi connectivity index (χ3v) is 4.01. The first-order valence-electron chi connectivity index (χ1n) is 6.55. The summed E-state index contributed by atoms with van der Waals surface area (Å²) in [5.74, 6) is 0.586. The number of amides is 1. The number of nitrogens with zero attached hydrogens (tertiary/aromatic N) is 2. The van der Waals surface area contributed by atoms with Gasteiger partial charge in [0.1, 0.15) is 5.78 Å². The van der Waals surface area contributed by atoms with Crippen LogP contribution in [0.5, 0.6) is 0 Å². The molecule has 4 nitrogen and oxygen atoms in total. The van der Waals surface area contributed by atoms with Crippen LogP contribution in [0.4, 0.5) is 0 Å². The maximum absolute atomic E-state index is 12.0. The van der Waals surface area contributed by atoms with Gasteiger partial charge in [0.05, 0.1) is 6.54 Å². The van der Waals surface area contributed by atoms with Gasteiger partial charge in [0.15, 0.2) is 0 Å². The highest BCUT2D eigenvalue weighted by Gasteiger charge is 2.31. The molecule has 0 unspecified atom stereocenters. The van der Waals surface area contributed by atoms with Crippen molar-refractivity contribution in [1.29, 1.82) is 0 Å². The van der Waals surface area contributed by atoms with E-state index in [1.807, 2.05) is 19.0 Å². The van der Waals surface area contributed by atoms with Crippen LogP contribution < -0.4 is 0 Å². The van der Waals surface area contributed by atoms with Gasteiger partial charge in [-0.1, -0.05) is 0 Å². The van der Waals surface area contributed by atoms with Crippen molar-refractivity contribution in [2.45, 2.75) is 50.6 Å². The Kier molecular flexibility index (Phi) is 3.82. The summed E-state index contributed by atoms with van der Waals surface area (Å²) in [5, 5.41) is 0. The number of ketones is 1. The summed E-state index contributed by atoms with van der Waals surface area (Å²) in [7, 11) is 3.90. The number of rotatable bonds is 4. The van der Waals surface area contributed by atoms with Crippen LogP contribution in [0.25, 0.3) is 0 Å². The second kappa shape index (κ2) is 5.17. The smallest absolute Gasteiger partial charge is 0.236 e. The van der Waals surface area contributed by atoms with E-state index in [1.54, 1.807) is 0 Å². The highest BCUT2D eigenvalue weighted by Crippen LogP contribution is 2.26. The highest BCUT2D eigenvalue weighted by atomic mass is 16.2. The Balaban J connectivity index is 1.77. The molecule has 0 atom stereocenters. The molecular formula is C13H22N2O2. The molecule has 17 heavy (non-hydrogen) atoms. The number of likely N-dealkylation sites (N-methyl/N-ethyl adjacent to an activating group) is 2. The summed E-state index contributed by atoms with van der Waals surface area (Å²) in [4.78, 5) is 27.1. The topological polar surface area (TPSA) is 40.6 Å². The molecule has 2 rings (SSSR count). The van der Waals surface area contributed by atoms with Crippen molar-refractivity contribution < 1.29 is 9.59 Å². The number of carbonyl (C=O) groups is 2. The normalized spacial score (nSPS) is 21.9. The van der Waals surface area contributed by atoms with Gasteiger partial charge in [0.2, 0.25) is 5.91 Å². The van der Waals surface area contributed by atoms with Gasteiger partial charge < -0.3 is 4.90 Å². The lowest BCUT2D eigenvalue weighted by atomic mass is 9.93. The van der Waals surface area contributed by atoms with Gasteiger partial charge in [-0.05, 0) is 32.7 Å². The summed E-state index contributed by atoms with van der Waals surface area (Å²) in [5.41, 5.74) is 0. The van der Waals surface area contributed by atoms with Gasteiger partial charge in [-0.3, -0.25) is 14.5 Å². The number of hydrogen-bond donors (Lipinski definition) is 0. The molecule has 0 N–H and O–H groups in total. The number of hydrogen-bond acceptors (Lipinski definition) is 3. The Morgan fingerprint density at radius 1 is 1.12 bits per heavy atom. The molecule has 2 saturated carbocycles. The second-order valence-corrected chi connectivity index (χ2v) is 5.42. The molecule has 4 heteroatoms. The first-order chi connectivity index (χ1) is 8.08. The van der Waals surface area contributed by atoms with Crippen molar-refractivity contribution in [3.8, 4) is 0 Å². The van der Waals surface area contributed by atoms with E-state index in [4.69, 9.17) is 0 Å². The minimum Gasteiger partial charge on any atom is -0.342 e. The Labute approximate surface area is 103 Å². The van der Waals surface area contributed by atoms with E-state index in [1.165, 1.54) is 0 Å². The third-order valence-electron chi connectivity index (χ3n) is 4.01. The lowest BCUT2D eigenvalue weighted by Crippen LogP contribution is -2.43. The van der Waals surface area contributed by atoms with Crippen LogP contribution >= 0.6 is 0 Å². The molecule has 0 saturated heterocycles. The van der Waals surface area contributed by atoms with Crippen molar-refractivity contribution in [2.75, 3.05) is 20.6 Å². The summed E-state index contributed by atoms with van der Waals surface area (Å²) < 4.78 is 0. The van der Waals surface area contributed by atoms with Crippen LogP contribution in [0.3, 0.4) is 0 Å². The fourth-order valence-corrected chi connectivity index (χ4v) is 2.48. The van der Waals surface area contributed by atoms with E-state index >= 15 is 0 Å². The summed E-state index contributed by atoms with van der Waals surface area (Å²) in [6.07, 6.45) is 5.50. The lowest BCUT2D eigenvalue weighted by Gasteiger charge is -2.31. The fourth-order valence-electron chi connectivity index (χ4n) is 2.48. The van der Waals surface area contributed by atoms with Gasteiger partial charge in [-0.25, -0.2) is 0 Å². The third kappa shape index (κ3) is 3.28. The zero-order chi connectivity index (χ0) is 12.4. The molecule has 0 bridgehead atoms. The fraction of sp³-hybridized carbons (Fsp3) is 0.846.